The van der Waals surface area contributed by atoms with E-state index in [4.69, 9.17) is 4.74 Å². The lowest BCUT2D eigenvalue weighted by atomic mass is 10.1. The van der Waals surface area contributed by atoms with Crippen molar-refractivity contribution >= 4 is 11.9 Å². The molecule has 3 amide bonds. The van der Waals surface area contributed by atoms with Crippen molar-refractivity contribution in [3.63, 3.8) is 0 Å². The Morgan fingerprint density at radius 1 is 0.971 bits per heavy atom. The Bertz CT molecular complexity index is 947. The third-order valence-electron chi connectivity index (χ3n) is 6.69. The number of rotatable bonds is 8. The van der Waals surface area contributed by atoms with E-state index in [1.54, 1.807) is 29.2 Å². The zero-order valence-corrected chi connectivity index (χ0v) is 20.2. The number of ether oxygens (including phenoxy) is 1. The molecule has 2 atom stereocenters. The molecule has 2 saturated heterocycles. The maximum absolute atomic E-state index is 12.9. The largest absolute Gasteiger partial charge is 0.492 e. The molecule has 0 aromatic heterocycles. The first-order valence-electron chi connectivity index (χ1n) is 12.6. The first-order valence-corrected chi connectivity index (χ1v) is 12.6. The molecule has 2 heterocycles. The van der Waals surface area contributed by atoms with Gasteiger partial charge in [0, 0.05) is 31.7 Å². The van der Waals surface area contributed by atoms with Gasteiger partial charge in [-0.3, -0.25) is 9.69 Å². The van der Waals surface area contributed by atoms with Crippen molar-refractivity contribution in [1.82, 2.24) is 20.4 Å². The van der Waals surface area contributed by atoms with Gasteiger partial charge in [-0.05, 0) is 68.6 Å². The molecular weight excluding hydrogens is 444 g/mol. The van der Waals surface area contributed by atoms with Gasteiger partial charge in [-0.2, -0.15) is 0 Å². The van der Waals surface area contributed by atoms with Crippen LogP contribution in [0.5, 0.6) is 5.75 Å². The molecule has 8 heteroatoms. The zero-order valence-electron chi connectivity index (χ0n) is 20.2. The van der Waals surface area contributed by atoms with E-state index in [-0.39, 0.29) is 18.5 Å². The summed E-state index contributed by atoms with van der Waals surface area (Å²) in [4.78, 5) is 29.7. The molecule has 2 aromatic rings. The second-order valence-corrected chi connectivity index (χ2v) is 9.30. The average Bonchev–Trinajstić information content (AvgIpc) is 3.33. The maximum Gasteiger partial charge on any atom is 0.317 e. The molecule has 0 aliphatic carbocycles. The number of aliphatic hydroxyl groups is 1. The maximum atomic E-state index is 12.9. The number of hydrogen-bond acceptors (Lipinski definition) is 5. The van der Waals surface area contributed by atoms with E-state index >= 15 is 0 Å². The summed E-state index contributed by atoms with van der Waals surface area (Å²) in [6, 6.07) is 16.0. The fourth-order valence-corrected chi connectivity index (χ4v) is 4.61. The Morgan fingerprint density at radius 3 is 2.46 bits per heavy atom. The van der Waals surface area contributed by atoms with Gasteiger partial charge < -0.3 is 25.4 Å². The van der Waals surface area contributed by atoms with Crippen LogP contribution in [0, 0.1) is 0 Å². The highest BCUT2D eigenvalue weighted by Gasteiger charge is 2.29. The quantitative estimate of drug-likeness (QED) is 0.540. The summed E-state index contributed by atoms with van der Waals surface area (Å²) in [5.74, 6) is 0.459. The molecule has 35 heavy (non-hydrogen) atoms. The molecule has 2 aliphatic heterocycles. The summed E-state index contributed by atoms with van der Waals surface area (Å²) in [7, 11) is 0. The topological polar surface area (TPSA) is 94.1 Å². The van der Waals surface area contributed by atoms with Gasteiger partial charge >= 0.3 is 6.03 Å². The van der Waals surface area contributed by atoms with Crippen molar-refractivity contribution < 1.29 is 19.4 Å². The lowest BCUT2D eigenvalue weighted by Gasteiger charge is -2.27. The summed E-state index contributed by atoms with van der Waals surface area (Å²) < 4.78 is 5.82. The molecule has 2 fully saturated rings. The van der Waals surface area contributed by atoms with Crippen LogP contribution in [-0.2, 0) is 6.54 Å². The van der Waals surface area contributed by atoms with Crippen molar-refractivity contribution in [3.05, 3.63) is 65.7 Å². The molecule has 4 rings (SSSR count). The van der Waals surface area contributed by atoms with E-state index in [2.05, 4.69) is 15.5 Å². The highest BCUT2D eigenvalue weighted by atomic mass is 16.5. The van der Waals surface area contributed by atoms with Gasteiger partial charge in [0.1, 0.15) is 12.4 Å². The summed E-state index contributed by atoms with van der Waals surface area (Å²) in [6.45, 7) is 5.05. The van der Waals surface area contributed by atoms with E-state index < -0.39 is 12.1 Å². The highest BCUT2D eigenvalue weighted by molar-refractivity contribution is 5.94. The van der Waals surface area contributed by atoms with Crippen LogP contribution in [-0.4, -0.2) is 78.3 Å². The van der Waals surface area contributed by atoms with Gasteiger partial charge in [0.25, 0.3) is 5.91 Å². The van der Waals surface area contributed by atoms with Gasteiger partial charge in [0.05, 0.1) is 12.1 Å². The molecule has 2 aromatic carbocycles. The van der Waals surface area contributed by atoms with E-state index in [9.17, 15) is 14.7 Å². The number of carbonyl (C=O) groups excluding carboxylic acids is 2. The zero-order chi connectivity index (χ0) is 24.5. The van der Waals surface area contributed by atoms with Crippen LogP contribution >= 0.6 is 0 Å². The Labute approximate surface area is 207 Å². The fourth-order valence-electron chi connectivity index (χ4n) is 4.61. The number of nitrogens with zero attached hydrogens (tertiary/aromatic N) is 2. The Morgan fingerprint density at radius 2 is 1.71 bits per heavy atom. The van der Waals surface area contributed by atoms with Crippen molar-refractivity contribution in [3.8, 4) is 5.75 Å². The monoisotopic (exact) mass is 480 g/mol. The molecule has 188 valence electrons. The van der Waals surface area contributed by atoms with Crippen molar-refractivity contribution in [1.29, 1.82) is 0 Å². The molecule has 8 nitrogen and oxygen atoms in total. The average molecular weight is 481 g/mol. The predicted octanol–water partition coefficient (Wildman–Crippen LogP) is 2.63. The smallest absolute Gasteiger partial charge is 0.317 e. The van der Waals surface area contributed by atoms with Gasteiger partial charge in [-0.15, -0.1) is 0 Å². The fraction of sp³-hybridized carbons (Fsp3) is 0.481. The van der Waals surface area contributed by atoms with E-state index in [1.807, 2.05) is 30.3 Å². The molecular formula is C27H36N4O4. The second-order valence-electron chi connectivity index (χ2n) is 9.30. The SMILES string of the molecule is O=C(NC1CN(C(=O)NCc2ccccc2)CCCC1O)c1ccc(OCCN2CCCC2)cc1. The van der Waals surface area contributed by atoms with Crippen LogP contribution in [0.25, 0.3) is 0 Å². The molecule has 0 spiro atoms. The molecule has 2 unspecified atom stereocenters. The third kappa shape index (κ3) is 7.44. The summed E-state index contributed by atoms with van der Waals surface area (Å²) >= 11 is 0. The Kier molecular flexibility index (Phi) is 8.97. The van der Waals surface area contributed by atoms with Gasteiger partial charge in [-0.1, -0.05) is 30.3 Å². The summed E-state index contributed by atoms with van der Waals surface area (Å²) in [6.07, 6.45) is 3.01. The third-order valence-corrected chi connectivity index (χ3v) is 6.69. The minimum Gasteiger partial charge on any atom is -0.492 e. The Hall–Kier alpha value is -3.10. The van der Waals surface area contributed by atoms with E-state index in [1.165, 1.54) is 12.8 Å². The second kappa shape index (κ2) is 12.6. The standard InChI is InChI=1S/C27H36N4O4/c32-25-9-6-16-31(27(34)28-19-21-7-2-1-3-8-21)20-24(25)29-26(33)22-10-12-23(13-11-22)35-18-17-30-14-4-5-15-30/h1-3,7-8,10-13,24-25,32H,4-6,9,14-20H2,(H,28,34)(H,29,33). The number of carbonyl (C=O) groups is 2. The minimum atomic E-state index is -0.709. The number of likely N-dealkylation sites (tertiary alicyclic amines) is 2. The van der Waals surface area contributed by atoms with Crippen molar-refractivity contribution in [2.24, 2.45) is 0 Å². The molecule has 0 bridgehead atoms. The van der Waals surface area contributed by atoms with Crippen LogP contribution in [0.3, 0.4) is 0 Å². The molecule has 0 radical (unpaired) electrons. The number of urea groups is 1. The number of benzene rings is 2. The van der Waals surface area contributed by atoms with Crippen LogP contribution < -0.4 is 15.4 Å². The first-order chi connectivity index (χ1) is 17.1. The summed E-state index contributed by atoms with van der Waals surface area (Å²) in [5.41, 5.74) is 1.51. The highest BCUT2D eigenvalue weighted by Crippen LogP contribution is 2.16. The van der Waals surface area contributed by atoms with Gasteiger partial charge in [-0.25, -0.2) is 4.79 Å². The number of nitrogens with one attached hydrogen (secondary N) is 2. The van der Waals surface area contributed by atoms with E-state index in [0.29, 0.717) is 38.1 Å². The minimum absolute atomic E-state index is 0.197. The normalized spacial score (nSPS) is 20.8. The van der Waals surface area contributed by atoms with Crippen LogP contribution in [0.4, 0.5) is 4.79 Å². The number of aliphatic hydroxyl groups excluding tert-OH is 1. The number of hydrogen-bond donors (Lipinski definition) is 3. The lowest BCUT2D eigenvalue weighted by molar-refractivity contribution is 0.0809. The summed E-state index contributed by atoms with van der Waals surface area (Å²) in [5, 5.41) is 16.4. The van der Waals surface area contributed by atoms with Gasteiger partial charge in [0.2, 0.25) is 0 Å². The number of amides is 3. The Balaban J connectivity index is 1.27. The molecule has 2 aliphatic rings. The predicted molar refractivity (Wildman–Crippen MR) is 134 cm³/mol. The van der Waals surface area contributed by atoms with Crippen molar-refractivity contribution in [2.45, 2.75) is 44.4 Å². The lowest BCUT2D eigenvalue weighted by Crippen LogP contribution is -2.51. The first kappa shape index (κ1) is 25.0. The van der Waals surface area contributed by atoms with Crippen LogP contribution in [0.15, 0.2) is 54.6 Å². The van der Waals surface area contributed by atoms with Gasteiger partial charge in [0.15, 0.2) is 0 Å². The molecule has 0 saturated carbocycles. The van der Waals surface area contributed by atoms with E-state index in [0.717, 1.165) is 30.9 Å². The van der Waals surface area contributed by atoms with Crippen molar-refractivity contribution in [2.75, 3.05) is 39.3 Å². The van der Waals surface area contributed by atoms with Crippen LogP contribution in [0.2, 0.25) is 0 Å². The molecule has 3 N–H and O–H groups in total. The van der Waals surface area contributed by atoms with Crippen LogP contribution in [0.1, 0.15) is 41.6 Å².